The van der Waals surface area contributed by atoms with Crippen molar-refractivity contribution in [2.45, 2.75) is 107 Å². The molecule has 38 heavy (non-hydrogen) atoms. The van der Waals surface area contributed by atoms with Crippen molar-refractivity contribution in [3.8, 4) is 11.3 Å². The third-order valence-corrected chi connectivity index (χ3v) is 10.1. The van der Waals surface area contributed by atoms with Gasteiger partial charge in [0.1, 0.15) is 0 Å². The molecule has 1 aliphatic heterocycles. The van der Waals surface area contributed by atoms with Crippen LogP contribution >= 0.6 is 11.8 Å². The van der Waals surface area contributed by atoms with Crippen LogP contribution in [-0.4, -0.2) is 21.8 Å². The van der Waals surface area contributed by atoms with E-state index in [1.54, 1.807) is 11.8 Å². The molecule has 1 saturated carbocycles. The Morgan fingerprint density at radius 2 is 1.87 bits per heavy atom. The van der Waals surface area contributed by atoms with Gasteiger partial charge >= 0.3 is 0 Å². The van der Waals surface area contributed by atoms with Gasteiger partial charge in [-0.1, -0.05) is 79.1 Å². The van der Waals surface area contributed by atoms with Crippen molar-refractivity contribution < 1.29 is 4.74 Å². The molecule has 2 aliphatic carbocycles. The Kier molecular flexibility index (Phi) is 6.80. The van der Waals surface area contributed by atoms with Crippen LogP contribution in [0.2, 0.25) is 0 Å². The summed E-state index contributed by atoms with van der Waals surface area (Å²) in [6.45, 7) is 9.30. The minimum absolute atomic E-state index is 0.0921. The molecule has 2 aromatic carbocycles. The second-order valence-corrected chi connectivity index (χ2v) is 13.4. The molecule has 4 nitrogen and oxygen atoms in total. The zero-order valence-corrected chi connectivity index (χ0v) is 24.1. The smallest absolute Gasteiger partial charge is 0.258 e. The highest BCUT2D eigenvalue weighted by Crippen LogP contribution is 2.49. The van der Waals surface area contributed by atoms with Crippen molar-refractivity contribution in [3.63, 3.8) is 0 Å². The van der Waals surface area contributed by atoms with Crippen molar-refractivity contribution in [1.29, 1.82) is 0 Å². The molecule has 3 aromatic rings. The Balaban J connectivity index is 1.53. The molecule has 2 fully saturated rings. The number of nitrogens with zero attached hydrogens (tertiary/aromatic N) is 2. The molecule has 0 bridgehead atoms. The number of fused-ring (bicyclic) bond motifs is 4. The quantitative estimate of drug-likeness (QED) is 0.257. The van der Waals surface area contributed by atoms with E-state index in [0.29, 0.717) is 6.61 Å². The first-order valence-corrected chi connectivity index (χ1v) is 15.3. The zero-order chi connectivity index (χ0) is 26.5. The zero-order valence-electron chi connectivity index (χ0n) is 23.3. The van der Waals surface area contributed by atoms with E-state index in [2.05, 4.69) is 74.7 Å². The lowest BCUT2D eigenvalue weighted by Gasteiger charge is -2.43. The average molecular weight is 529 g/mol. The van der Waals surface area contributed by atoms with E-state index < -0.39 is 0 Å². The Hall–Kier alpha value is -2.37. The van der Waals surface area contributed by atoms with Gasteiger partial charge in [-0.15, -0.1) is 0 Å². The molecule has 0 unspecified atom stereocenters. The van der Waals surface area contributed by atoms with Crippen LogP contribution in [0.25, 0.3) is 11.3 Å². The van der Waals surface area contributed by atoms with Gasteiger partial charge in [0, 0.05) is 29.4 Å². The highest BCUT2D eigenvalue weighted by molar-refractivity contribution is 7.98. The average Bonchev–Trinajstić information content (AvgIpc) is 2.88. The van der Waals surface area contributed by atoms with Gasteiger partial charge in [-0.3, -0.25) is 9.36 Å². The van der Waals surface area contributed by atoms with Gasteiger partial charge in [-0.2, -0.15) is 0 Å². The van der Waals surface area contributed by atoms with E-state index in [-0.39, 0.29) is 22.6 Å². The summed E-state index contributed by atoms with van der Waals surface area (Å²) in [5.41, 5.74) is 8.19. The molecule has 0 N–H and O–H groups in total. The molecule has 1 aromatic heterocycles. The Morgan fingerprint density at radius 1 is 1.08 bits per heavy atom. The molecule has 2 heterocycles. The molecule has 1 spiro atoms. The maximum atomic E-state index is 14.8. The van der Waals surface area contributed by atoms with Crippen LogP contribution in [0.5, 0.6) is 0 Å². The van der Waals surface area contributed by atoms with E-state index in [0.717, 1.165) is 59.8 Å². The van der Waals surface area contributed by atoms with Crippen molar-refractivity contribution in [1.82, 2.24) is 9.55 Å². The monoisotopic (exact) mass is 528 g/mol. The number of benzene rings is 2. The number of ether oxygens (including phenoxy) is 1. The maximum Gasteiger partial charge on any atom is 0.258 e. The summed E-state index contributed by atoms with van der Waals surface area (Å²) in [5, 5.41) is 0.860. The summed E-state index contributed by atoms with van der Waals surface area (Å²) in [6.07, 6.45) is 8.45. The Morgan fingerprint density at radius 3 is 2.63 bits per heavy atom. The first-order chi connectivity index (χ1) is 18.3. The summed E-state index contributed by atoms with van der Waals surface area (Å²) in [4.78, 5) is 20.3. The molecule has 0 radical (unpaired) electrons. The molecular weight excluding hydrogens is 488 g/mol. The molecular formula is C33H40N2O2S. The molecule has 3 aliphatic rings. The summed E-state index contributed by atoms with van der Waals surface area (Å²) in [7, 11) is 0. The number of aryl methyl sites for hydroxylation is 2. The topological polar surface area (TPSA) is 44.1 Å². The summed E-state index contributed by atoms with van der Waals surface area (Å²) in [5.74, 6) is 0.802. The van der Waals surface area contributed by atoms with E-state index >= 15 is 0 Å². The van der Waals surface area contributed by atoms with Crippen molar-refractivity contribution in [2.24, 2.45) is 0 Å². The number of hydrogen-bond acceptors (Lipinski definition) is 4. The molecule has 1 atom stereocenters. The largest absolute Gasteiger partial charge is 0.375 e. The van der Waals surface area contributed by atoms with Gasteiger partial charge < -0.3 is 4.74 Å². The fraction of sp³-hybridized carbons (Fsp3) is 0.515. The summed E-state index contributed by atoms with van der Waals surface area (Å²) >= 11 is 1.72. The number of rotatable bonds is 4. The summed E-state index contributed by atoms with van der Waals surface area (Å²) in [6, 6.07) is 15.4. The molecule has 1 saturated heterocycles. The number of hydrogen-bond donors (Lipinski definition) is 0. The van der Waals surface area contributed by atoms with Crippen LogP contribution < -0.4 is 5.56 Å². The van der Waals surface area contributed by atoms with Crippen LogP contribution in [0.4, 0.5) is 0 Å². The highest BCUT2D eigenvalue weighted by Gasteiger charge is 2.44. The first-order valence-electron chi connectivity index (χ1n) is 14.3. The first kappa shape index (κ1) is 25.9. The van der Waals surface area contributed by atoms with Crippen LogP contribution in [-0.2, 0) is 22.3 Å². The van der Waals surface area contributed by atoms with Gasteiger partial charge in [0.2, 0.25) is 0 Å². The molecule has 0 amide bonds. The van der Waals surface area contributed by atoms with Crippen molar-refractivity contribution >= 4 is 11.8 Å². The summed E-state index contributed by atoms with van der Waals surface area (Å²) < 4.78 is 8.18. The predicted octanol–water partition coefficient (Wildman–Crippen LogP) is 7.71. The highest BCUT2D eigenvalue weighted by atomic mass is 32.2. The van der Waals surface area contributed by atoms with Crippen molar-refractivity contribution in [3.05, 3.63) is 80.6 Å². The third-order valence-electron chi connectivity index (χ3n) is 9.12. The van der Waals surface area contributed by atoms with E-state index in [1.165, 1.54) is 41.5 Å². The standard InChI is InChI=1S/C33H40N2O2S/c1-22-12-13-25(23(2)18-22)21-38-31-34-29-27-11-7-6-10-24(27)19-33(15-8-5-9-16-33)28(29)30(36)35(31)26-14-17-37-32(3,4)20-26/h6-7,10-13,18,26H,5,8-9,14-17,19-21H2,1-4H3/t26-/m0/s1. The normalized spacial score (nSPS) is 21.6. The SMILES string of the molecule is Cc1ccc(CSc2nc3c(c(=O)n2[C@H]2CCOC(C)(C)C2)C2(CCCCC2)Cc2ccccc2-3)c(C)c1. The lowest BCUT2D eigenvalue weighted by Crippen LogP contribution is -2.45. The molecule has 200 valence electrons. The van der Waals surface area contributed by atoms with Crippen LogP contribution in [0, 0.1) is 13.8 Å². The van der Waals surface area contributed by atoms with Crippen LogP contribution in [0.3, 0.4) is 0 Å². The number of thioether (sulfide) groups is 1. The molecule has 5 heteroatoms. The van der Waals surface area contributed by atoms with Crippen LogP contribution in [0.1, 0.15) is 92.7 Å². The van der Waals surface area contributed by atoms with Crippen molar-refractivity contribution in [2.75, 3.05) is 6.61 Å². The Labute approximate surface area is 231 Å². The fourth-order valence-corrected chi connectivity index (χ4v) is 8.33. The molecule has 6 rings (SSSR count). The van der Waals surface area contributed by atoms with E-state index in [4.69, 9.17) is 9.72 Å². The minimum Gasteiger partial charge on any atom is -0.375 e. The van der Waals surface area contributed by atoms with Gasteiger partial charge in [0.05, 0.1) is 16.9 Å². The lowest BCUT2D eigenvalue weighted by atomic mass is 9.62. The van der Waals surface area contributed by atoms with Gasteiger partial charge in [0.15, 0.2) is 5.16 Å². The minimum atomic E-state index is -0.247. The van der Waals surface area contributed by atoms with E-state index in [9.17, 15) is 4.79 Å². The van der Waals surface area contributed by atoms with Crippen LogP contribution in [0.15, 0.2) is 52.4 Å². The predicted molar refractivity (Wildman–Crippen MR) is 156 cm³/mol. The fourth-order valence-electron chi connectivity index (χ4n) is 7.19. The lowest BCUT2D eigenvalue weighted by molar-refractivity contribution is -0.0710. The Bertz CT molecular complexity index is 1420. The second-order valence-electron chi connectivity index (χ2n) is 12.4. The van der Waals surface area contributed by atoms with Gasteiger partial charge in [0.25, 0.3) is 5.56 Å². The van der Waals surface area contributed by atoms with Gasteiger partial charge in [-0.05, 0) is 76.5 Å². The number of aromatic nitrogens is 2. The third kappa shape index (κ3) is 4.66. The van der Waals surface area contributed by atoms with E-state index in [1.807, 2.05) is 0 Å². The maximum absolute atomic E-state index is 14.8. The second kappa shape index (κ2) is 9.98. The van der Waals surface area contributed by atoms with Gasteiger partial charge in [-0.25, -0.2) is 4.98 Å².